The molecule has 4 nitrogen and oxygen atoms in total. The molecule has 0 heterocycles. The maximum atomic E-state index is 11.4. The summed E-state index contributed by atoms with van der Waals surface area (Å²) in [6.07, 6.45) is 0. The van der Waals surface area contributed by atoms with Crippen molar-refractivity contribution in [1.29, 1.82) is 0 Å². The van der Waals surface area contributed by atoms with Gasteiger partial charge in [0.2, 0.25) is 0 Å². The fourth-order valence-electron chi connectivity index (χ4n) is 0.809. The molecule has 76 valence electrons. The molecule has 6 heteroatoms. The number of benzene rings is 1. The van der Waals surface area contributed by atoms with Crippen molar-refractivity contribution in [3.8, 4) is 0 Å². The zero-order chi connectivity index (χ0) is 10.6. The summed E-state index contributed by atoms with van der Waals surface area (Å²) < 4.78 is 41.4. The molecular formula is C8H8O4S2. The first-order chi connectivity index (χ1) is 6.52. The second-order valence-electron chi connectivity index (χ2n) is 2.41. The van der Waals surface area contributed by atoms with Gasteiger partial charge in [-0.2, -0.15) is 0 Å². The Hall–Kier alpha value is -0.980. The van der Waals surface area contributed by atoms with E-state index >= 15 is 0 Å². The second-order valence-corrected chi connectivity index (χ2v) is 5.06. The van der Waals surface area contributed by atoms with Crippen molar-refractivity contribution in [2.75, 3.05) is 0 Å². The van der Waals surface area contributed by atoms with Crippen LogP contribution >= 0.6 is 0 Å². The highest BCUT2D eigenvalue weighted by molar-refractivity contribution is 7.95. The van der Waals surface area contributed by atoms with Crippen molar-refractivity contribution in [3.63, 3.8) is 0 Å². The van der Waals surface area contributed by atoms with Crippen LogP contribution in [0.5, 0.6) is 0 Å². The Morgan fingerprint density at radius 3 is 2.29 bits per heavy atom. The number of rotatable bonds is 3. The van der Waals surface area contributed by atoms with E-state index in [4.69, 9.17) is 4.55 Å². The zero-order valence-corrected chi connectivity index (χ0v) is 8.66. The Balaban J connectivity index is 3.05. The molecule has 0 aromatic heterocycles. The quantitative estimate of drug-likeness (QED) is 0.794. The number of sulfone groups is 1. The van der Waals surface area contributed by atoms with Gasteiger partial charge in [-0.3, -0.25) is 0 Å². The molecule has 0 saturated heterocycles. The van der Waals surface area contributed by atoms with Crippen LogP contribution < -0.4 is 0 Å². The van der Waals surface area contributed by atoms with Crippen molar-refractivity contribution in [1.82, 2.24) is 0 Å². The minimum absolute atomic E-state index is 0.0988. The van der Waals surface area contributed by atoms with Gasteiger partial charge in [-0.25, -0.2) is 12.6 Å². The fourth-order valence-corrected chi connectivity index (χ4v) is 2.47. The van der Waals surface area contributed by atoms with E-state index in [1.54, 1.807) is 18.2 Å². The molecule has 1 N–H and O–H groups in total. The lowest BCUT2D eigenvalue weighted by atomic mass is 10.4. The van der Waals surface area contributed by atoms with Crippen molar-refractivity contribution < 1.29 is 17.2 Å². The van der Waals surface area contributed by atoms with Gasteiger partial charge in [0.1, 0.15) is 0 Å². The first kappa shape index (κ1) is 11.1. The van der Waals surface area contributed by atoms with Crippen LogP contribution in [0.3, 0.4) is 0 Å². The van der Waals surface area contributed by atoms with Gasteiger partial charge in [-0.15, -0.1) is 0 Å². The molecule has 0 radical (unpaired) electrons. The van der Waals surface area contributed by atoms with E-state index in [1.165, 1.54) is 12.1 Å². The van der Waals surface area contributed by atoms with Crippen LogP contribution in [0.15, 0.2) is 46.0 Å². The van der Waals surface area contributed by atoms with Gasteiger partial charge in [-0.05, 0) is 12.1 Å². The maximum absolute atomic E-state index is 11.4. The Kier molecular flexibility index (Phi) is 3.56. The molecule has 1 unspecified atom stereocenters. The normalized spacial score (nSPS) is 14.4. The Morgan fingerprint density at radius 1 is 1.21 bits per heavy atom. The molecule has 0 spiro atoms. The van der Waals surface area contributed by atoms with Crippen molar-refractivity contribution in [2.45, 2.75) is 4.90 Å². The molecule has 1 rings (SSSR count). The van der Waals surface area contributed by atoms with Crippen LogP contribution in [0.2, 0.25) is 0 Å². The van der Waals surface area contributed by atoms with Crippen LogP contribution in [0, 0.1) is 0 Å². The minimum atomic E-state index is -3.59. The van der Waals surface area contributed by atoms with Gasteiger partial charge in [0.05, 0.1) is 4.90 Å². The van der Waals surface area contributed by atoms with Crippen molar-refractivity contribution >= 4 is 20.9 Å². The van der Waals surface area contributed by atoms with E-state index in [-0.39, 0.29) is 4.90 Å². The molecule has 0 amide bonds. The predicted molar refractivity (Wildman–Crippen MR) is 53.5 cm³/mol. The summed E-state index contributed by atoms with van der Waals surface area (Å²) in [5.41, 5.74) is 0. The van der Waals surface area contributed by atoms with Crippen LogP contribution in [0.25, 0.3) is 0 Å². The third-order valence-corrected chi connectivity index (χ3v) is 3.39. The molecule has 0 aliphatic heterocycles. The largest absolute Gasteiger partial charge is 0.303 e. The molecule has 0 bridgehead atoms. The van der Waals surface area contributed by atoms with Gasteiger partial charge in [-0.1, -0.05) is 18.2 Å². The average Bonchev–Trinajstić information content (AvgIpc) is 2.16. The lowest BCUT2D eigenvalue weighted by molar-refractivity contribution is 0.573. The molecule has 0 aliphatic rings. The predicted octanol–water partition coefficient (Wildman–Crippen LogP) is 1.15. The molecule has 0 saturated carbocycles. The summed E-state index contributed by atoms with van der Waals surface area (Å²) in [6, 6.07) is 7.68. The summed E-state index contributed by atoms with van der Waals surface area (Å²) in [4.78, 5) is 0.0988. The lowest BCUT2D eigenvalue weighted by Gasteiger charge is -1.96. The monoisotopic (exact) mass is 232 g/mol. The summed E-state index contributed by atoms with van der Waals surface area (Å²) in [7, 11) is -3.59. The molecule has 1 aromatic carbocycles. The number of hydrogen-bond donors (Lipinski definition) is 1. The lowest BCUT2D eigenvalue weighted by Crippen LogP contribution is -1.96. The molecule has 1 atom stereocenters. The summed E-state index contributed by atoms with van der Waals surface area (Å²) in [6.45, 7) is 0. The minimum Gasteiger partial charge on any atom is -0.303 e. The van der Waals surface area contributed by atoms with Gasteiger partial charge < -0.3 is 4.55 Å². The van der Waals surface area contributed by atoms with Crippen LogP contribution in [0.1, 0.15) is 0 Å². The average molecular weight is 232 g/mol. The summed E-state index contributed by atoms with van der Waals surface area (Å²) >= 11 is -2.25. The molecule has 0 aliphatic carbocycles. The smallest absolute Gasteiger partial charge is 0.200 e. The van der Waals surface area contributed by atoms with Gasteiger partial charge in [0, 0.05) is 10.8 Å². The topological polar surface area (TPSA) is 71.4 Å². The number of hydrogen-bond acceptors (Lipinski definition) is 3. The van der Waals surface area contributed by atoms with E-state index in [2.05, 4.69) is 0 Å². The Bertz CT molecular complexity index is 447. The summed E-state index contributed by atoms with van der Waals surface area (Å²) in [5.74, 6) is 0. The maximum Gasteiger partial charge on any atom is 0.200 e. The van der Waals surface area contributed by atoms with Gasteiger partial charge in [0.25, 0.3) is 0 Å². The van der Waals surface area contributed by atoms with E-state index in [0.717, 1.165) is 5.41 Å². The van der Waals surface area contributed by atoms with Crippen LogP contribution in [0.4, 0.5) is 0 Å². The Labute approximate surface area is 84.5 Å². The first-order valence-corrected chi connectivity index (χ1v) is 6.32. The van der Waals surface area contributed by atoms with E-state index in [1.807, 2.05) is 0 Å². The third kappa shape index (κ3) is 3.06. The van der Waals surface area contributed by atoms with E-state index in [0.29, 0.717) is 5.41 Å². The SMILES string of the molecule is O=S(O)/C=C/S(=O)(=O)c1ccccc1. The highest BCUT2D eigenvalue weighted by atomic mass is 32.2. The highest BCUT2D eigenvalue weighted by Gasteiger charge is 2.08. The van der Waals surface area contributed by atoms with Gasteiger partial charge >= 0.3 is 0 Å². The fraction of sp³-hybridized carbons (Fsp3) is 0. The molecule has 1 aromatic rings. The summed E-state index contributed by atoms with van der Waals surface area (Å²) in [5, 5.41) is 1.43. The Morgan fingerprint density at radius 2 is 1.79 bits per heavy atom. The first-order valence-electron chi connectivity index (χ1n) is 3.60. The van der Waals surface area contributed by atoms with Crippen molar-refractivity contribution in [2.24, 2.45) is 0 Å². The second kappa shape index (κ2) is 4.50. The van der Waals surface area contributed by atoms with E-state index < -0.39 is 20.9 Å². The molecule has 14 heavy (non-hydrogen) atoms. The van der Waals surface area contributed by atoms with Crippen LogP contribution in [-0.4, -0.2) is 17.2 Å². The molecular weight excluding hydrogens is 224 g/mol. The third-order valence-electron chi connectivity index (χ3n) is 1.42. The van der Waals surface area contributed by atoms with Crippen molar-refractivity contribution in [3.05, 3.63) is 41.1 Å². The standard InChI is InChI=1S/C8H8O4S2/c9-13(10)6-7-14(11,12)8-4-2-1-3-5-8/h1-7H,(H,9,10)/b7-6+. The molecule has 0 fully saturated rings. The highest BCUT2D eigenvalue weighted by Crippen LogP contribution is 2.10. The van der Waals surface area contributed by atoms with Gasteiger partial charge in [0.15, 0.2) is 20.9 Å². The van der Waals surface area contributed by atoms with E-state index in [9.17, 15) is 12.6 Å². The zero-order valence-electron chi connectivity index (χ0n) is 7.03. The van der Waals surface area contributed by atoms with Crippen LogP contribution in [-0.2, 0) is 20.9 Å².